The van der Waals surface area contributed by atoms with E-state index in [4.69, 9.17) is 9.47 Å². The molecule has 0 spiro atoms. The molecule has 2 aromatic carbocycles. The minimum atomic E-state index is -0.424. The third-order valence-corrected chi connectivity index (χ3v) is 6.25. The van der Waals surface area contributed by atoms with Crippen molar-refractivity contribution in [2.45, 2.75) is 31.5 Å². The van der Waals surface area contributed by atoms with E-state index in [1.165, 1.54) is 34.2 Å². The normalized spacial score (nSPS) is 30.1. The fourth-order valence-electron chi connectivity index (χ4n) is 5.11. The lowest BCUT2D eigenvalue weighted by molar-refractivity contribution is -0.221. The number of fused-ring (bicyclic) bond motifs is 4. The van der Waals surface area contributed by atoms with E-state index in [1.807, 2.05) is 0 Å². The molecule has 2 heteroatoms. The van der Waals surface area contributed by atoms with Crippen LogP contribution in [0.15, 0.2) is 54.6 Å². The molecule has 0 N–H and O–H groups in total. The fraction of sp³-hybridized carbons (Fsp3) is 0.364. The first kappa shape index (κ1) is 14.4. The van der Waals surface area contributed by atoms with Gasteiger partial charge in [0, 0.05) is 18.9 Å². The van der Waals surface area contributed by atoms with Gasteiger partial charge in [-0.05, 0) is 47.1 Å². The summed E-state index contributed by atoms with van der Waals surface area (Å²) < 4.78 is 12.1. The molecule has 0 radical (unpaired) electrons. The van der Waals surface area contributed by atoms with Crippen molar-refractivity contribution < 1.29 is 9.47 Å². The molecule has 2 aromatic rings. The van der Waals surface area contributed by atoms with Gasteiger partial charge in [-0.25, -0.2) is 0 Å². The Labute approximate surface area is 143 Å². The maximum absolute atomic E-state index is 6.14. The van der Waals surface area contributed by atoms with Crippen LogP contribution in [0.5, 0.6) is 0 Å². The molecule has 122 valence electrons. The Balaban J connectivity index is 1.73. The Morgan fingerprint density at radius 3 is 2.12 bits per heavy atom. The molecule has 1 saturated carbocycles. The Morgan fingerprint density at radius 1 is 0.875 bits per heavy atom. The molecule has 1 saturated heterocycles. The van der Waals surface area contributed by atoms with Crippen molar-refractivity contribution in [2.75, 3.05) is 13.7 Å². The lowest BCUT2D eigenvalue weighted by Gasteiger charge is -2.36. The number of benzene rings is 2. The Bertz CT molecular complexity index is 776. The summed E-state index contributed by atoms with van der Waals surface area (Å²) in [6.07, 6.45) is 6.85. The summed E-state index contributed by atoms with van der Waals surface area (Å²) in [4.78, 5) is 0. The van der Waals surface area contributed by atoms with Gasteiger partial charge in [0.2, 0.25) is 0 Å². The maximum Gasteiger partial charge on any atom is 0.177 e. The molecule has 0 unspecified atom stereocenters. The van der Waals surface area contributed by atoms with Crippen LogP contribution in [0.4, 0.5) is 0 Å². The maximum atomic E-state index is 6.14. The van der Waals surface area contributed by atoms with Crippen molar-refractivity contribution in [1.29, 1.82) is 0 Å². The lowest BCUT2D eigenvalue weighted by atomic mass is 9.77. The van der Waals surface area contributed by atoms with E-state index in [0.717, 1.165) is 25.9 Å². The number of hydrogen-bond acceptors (Lipinski definition) is 2. The molecule has 1 heterocycles. The van der Waals surface area contributed by atoms with E-state index in [1.54, 1.807) is 7.11 Å². The Kier molecular flexibility index (Phi) is 3.04. The van der Waals surface area contributed by atoms with Gasteiger partial charge in [0.15, 0.2) is 5.79 Å². The fourth-order valence-corrected chi connectivity index (χ4v) is 5.11. The minimum absolute atomic E-state index is 0.00163. The predicted molar refractivity (Wildman–Crippen MR) is 95.6 cm³/mol. The molecule has 2 atom stereocenters. The van der Waals surface area contributed by atoms with Crippen LogP contribution in [0, 0.1) is 5.41 Å². The second-order valence-corrected chi connectivity index (χ2v) is 7.21. The van der Waals surface area contributed by atoms with Crippen LogP contribution in [0.2, 0.25) is 0 Å². The van der Waals surface area contributed by atoms with E-state index in [9.17, 15) is 0 Å². The molecule has 0 aromatic heterocycles. The third kappa shape index (κ3) is 1.73. The van der Waals surface area contributed by atoms with Crippen LogP contribution < -0.4 is 0 Å². The summed E-state index contributed by atoms with van der Waals surface area (Å²) in [5.41, 5.74) is 6.73. The van der Waals surface area contributed by atoms with Gasteiger partial charge in [-0.1, -0.05) is 54.6 Å². The molecule has 2 nitrogen and oxygen atoms in total. The molecule has 24 heavy (non-hydrogen) atoms. The third-order valence-electron chi connectivity index (χ3n) is 6.25. The minimum Gasteiger partial charge on any atom is -0.352 e. The Morgan fingerprint density at radius 2 is 1.50 bits per heavy atom. The van der Waals surface area contributed by atoms with E-state index < -0.39 is 5.79 Å². The largest absolute Gasteiger partial charge is 0.352 e. The highest BCUT2D eigenvalue weighted by Gasteiger charge is 2.59. The van der Waals surface area contributed by atoms with Gasteiger partial charge in [0.25, 0.3) is 0 Å². The zero-order valence-electron chi connectivity index (χ0n) is 14.0. The van der Waals surface area contributed by atoms with Crippen LogP contribution in [0.25, 0.3) is 16.7 Å². The summed E-state index contributed by atoms with van der Waals surface area (Å²) in [6, 6.07) is 17.5. The van der Waals surface area contributed by atoms with Gasteiger partial charge in [0.05, 0.1) is 6.61 Å². The highest BCUT2D eigenvalue weighted by Crippen LogP contribution is 2.59. The first-order valence-corrected chi connectivity index (χ1v) is 8.90. The van der Waals surface area contributed by atoms with Crippen molar-refractivity contribution in [1.82, 2.24) is 0 Å². The number of hydrogen-bond donors (Lipinski definition) is 0. The summed E-state index contributed by atoms with van der Waals surface area (Å²) in [6.45, 7) is 0.793. The van der Waals surface area contributed by atoms with E-state index in [2.05, 4.69) is 54.6 Å². The highest BCUT2D eigenvalue weighted by atomic mass is 16.7. The molecule has 5 rings (SSSR count). The average Bonchev–Trinajstić information content (AvgIpc) is 3.24. The number of methoxy groups -OCH3 is 1. The number of ether oxygens (including phenoxy) is 2. The van der Waals surface area contributed by atoms with Crippen molar-refractivity contribution in [3.63, 3.8) is 0 Å². The van der Waals surface area contributed by atoms with Gasteiger partial charge in [-0.2, -0.15) is 0 Å². The van der Waals surface area contributed by atoms with Crippen LogP contribution in [-0.4, -0.2) is 19.5 Å². The first-order valence-electron chi connectivity index (χ1n) is 8.90. The van der Waals surface area contributed by atoms with E-state index in [0.29, 0.717) is 0 Å². The van der Waals surface area contributed by atoms with Gasteiger partial charge in [-0.15, -0.1) is 0 Å². The zero-order chi connectivity index (χ0) is 16.2. The topological polar surface area (TPSA) is 18.5 Å². The van der Waals surface area contributed by atoms with Crippen molar-refractivity contribution in [3.8, 4) is 11.1 Å². The smallest absolute Gasteiger partial charge is 0.177 e. The van der Waals surface area contributed by atoms with Crippen molar-refractivity contribution in [2.24, 2.45) is 5.41 Å². The quantitative estimate of drug-likeness (QED) is 0.659. The van der Waals surface area contributed by atoms with Gasteiger partial charge in [-0.3, -0.25) is 0 Å². The molecular formula is C22H22O2. The van der Waals surface area contributed by atoms with E-state index >= 15 is 0 Å². The zero-order valence-corrected chi connectivity index (χ0v) is 14.0. The summed E-state index contributed by atoms with van der Waals surface area (Å²) in [5.74, 6) is -0.424. The van der Waals surface area contributed by atoms with Crippen LogP contribution in [0.1, 0.15) is 36.8 Å². The van der Waals surface area contributed by atoms with Gasteiger partial charge < -0.3 is 9.47 Å². The average molecular weight is 318 g/mol. The molecule has 3 aliphatic rings. The van der Waals surface area contributed by atoms with Crippen molar-refractivity contribution >= 4 is 5.57 Å². The summed E-state index contributed by atoms with van der Waals surface area (Å²) >= 11 is 0. The second kappa shape index (κ2) is 5.05. The molecular weight excluding hydrogens is 296 g/mol. The lowest BCUT2D eigenvalue weighted by Crippen LogP contribution is -2.41. The van der Waals surface area contributed by atoms with Gasteiger partial charge >= 0.3 is 0 Å². The second-order valence-electron chi connectivity index (χ2n) is 7.21. The summed E-state index contributed by atoms with van der Waals surface area (Å²) in [5, 5.41) is 0. The molecule has 0 bridgehead atoms. The van der Waals surface area contributed by atoms with Crippen LogP contribution in [-0.2, 0) is 9.47 Å². The standard InChI is InChI=1S/C22H22O2/c1-23-22-12-6-11-21(22,13-14-24-22)15-20-18-9-4-2-7-16(18)17-8-3-5-10-19(17)20/h2-5,7-10,15H,6,11-14H2,1H3/t21-,22-/m1/s1. The Hall–Kier alpha value is -1.90. The molecule has 1 aliphatic heterocycles. The summed E-state index contributed by atoms with van der Waals surface area (Å²) in [7, 11) is 1.81. The van der Waals surface area contributed by atoms with Crippen LogP contribution >= 0.6 is 0 Å². The number of rotatable bonds is 2. The van der Waals surface area contributed by atoms with Crippen LogP contribution in [0.3, 0.4) is 0 Å². The molecule has 2 aliphatic carbocycles. The molecule has 0 amide bonds. The monoisotopic (exact) mass is 318 g/mol. The highest BCUT2D eigenvalue weighted by molar-refractivity contribution is 6.01. The molecule has 2 fully saturated rings. The predicted octanol–water partition coefficient (Wildman–Crippen LogP) is 5.03. The van der Waals surface area contributed by atoms with Crippen molar-refractivity contribution in [3.05, 3.63) is 65.7 Å². The first-order chi connectivity index (χ1) is 11.8. The SMILES string of the molecule is CO[C@@]12CCC[C@]1(C=C1c3ccccc3-c3ccccc31)CCO2. The van der Waals surface area contributed by atoms with E-state index in [-0.39, 0.29) is 5.41 Å². The van der Waals surface area contributed by atoms with Gasteiger partial charge in [0.1, 0.15) is 0 Å².